The topological polar surface area (TPSA) is 48.5 Å². The summed E-state index contributed by atoms with van der Waals surface area (Å²) in [5, 5.41) is 0. The molecule has 114 valence electrons. The van der Waals surface area contributed by atoms with E-state index in [0.29, 0.717) is 18.1 Å². The van der Waals surface area contributed by atoms with E-state index in [9.17, 15) is 4.79 Å². The second kappa shape index (κ2) is 6.15. The molecule has 0 aliphatic heterocycles. The van der Waals surface area contributed by atoms with Crippen molar-refractivity contribution >= 4 is 5.78 Å². The highest BCUT2D eigenvalue weighted by atomic mass is 16.5. The van der Waals surface area contributed by atoms with Crippen molar-refractivity contribution in [3.05, 3.63) is 58.6 Å². The zero-order valence-electron chi connectivity index (χ0n) is 12.8. The Balaban J connectivity index is 2.27. The number of imidazole rings is 1. The van der Waals surface area contributed by atoms with Gasteiger partial charge in [-0.15, -0.1) is 0 Å². The van der Waals surface area contributed by atoms with Gasteiger partial charge in [0, 0.05) is 25.9 Å². The van der Waals surface area contributed by atoms with Gasteiger partial charge in [0.1, 0.15) is 0 Å². The Hall–Kier alpha value is -2.40. The molecule has 0 bridgehead atoms. The van der Waals surface area contributed by atoms with Gasteiger partial charge in [0.25, 0.3) is 5.56 Å². The fourth-order valence-corrected chi connectivity index (χ4v) is 2.64. The Bertz CT molecular complexity index is 834. The number of ether oxygens (including phenoxy) is 1. The van der Waals surface area contributed by atoms with Crippen molar-refractivity contribution in [1.82, 2.24) is 14.0 Å². The zero-order valence-corrected chi connectivity index (χ0v) is 12.8. The van der Waals surface area contributed by atoms with Crippen molar-refractivity contribution < 1.29 is 4.74 Å². The lowest BCUT2D eigenvalue weighted by molar-refractivity contribution is 0.181. The van der Waals surface area contributed by atoms with Gasteiger partial charge in [0.2, 0.25) is 5.78 Å². The minimum atomic E-state index is -0.0796. The number of benzene rings is 1. The fourth-order valence-electron chi connectivity index (χ4n) is 2.64. The molecule has 0 amide bonds. The monoisotopic (exact) mass is 297 g/mol. The van der Waals surface area contributed by atoms with Crippen molar-refractivity contribution in [2.75, 3.05) is 7.11 Å². The number of rotatable bonds is 5. The lowest BCUT2D eigenvalue weighted by Crippen LogP contribution is -2.15. The van der Waals surface area contributed by atoms with Gasteiger partial charge in [-0.1, -0.05) is 37.3 Å². The molecular formula is C17H19N3O2. The molecule has 5 nitrogen and oxygen atoms in total. The molecule has 0 atom stereocenters. The van der Waals surface area contributed by atoms with Crippen LogP contribution in [0.5, 0.6) is 0 Å². The van der Waals surface area contributed by atoms with Crippen molar-refractivity contribution in [1.29, 1.82) is 0 Å². The van der Waals surface area contributed by atoms with Gasteiger partial charge in [-0.2, -0.15) is 0 Å². The second-order valence-electron chi connectivity index (χ2n) is 5.22. The van der Waals surface area contributed by atoms with Crippen LogP contribution in [0.4, 0.5) is 0 Å². The largest absolute Gasteiger partial charge is 0.378 e. The Morgan fingerprint density at radius 2 is 2.00 bits per heavy atom. The average Bonchev–Trinajstić information content (AvgIpc) is 2.89. The molecule has 0 aliphatic carbocycles. The van der Waals surface area contributed by atoms with E-state index in [1.54, 1.807) is 11.5 Å². The molecule has 0 N–H and O–H groups in total. The maximum Gasteiger partial charge on any atom is 0.259 e. The molecule has 0 saturated heterocycles. The van der Waals surface area contributed by atoms with Crippen molar-refractivity contribution in [2.45, 2.75) is 26.5 Å². The molecule has 22 heavy (non-hydrogen) atoms. The number of nitrogens with zero attached hydrogens (tertiary/aromatic N) is 3. The molecule has 0 fully saturated rings. The third-order valence-corrected chi connectivity index (χ3v) is 3.58. The van der Waals surface area contributed by atoms with Gasteiger partial charge in [0.05, 0.1) is 18.0 Å². The molecule has 3 rings (SSSR count). The molecule has 0 aliphatic rings. The van der Waals surface area contributed by atoms with Crippen LogP contribution >= 0.6 is 0 Å². The summed E-state index contributed by atoms with van der Waals surface area (Å²) in [5.41, 5.74) is 2.66. The van der Waals surface area contributed by atoms with Crippen molar-refractivity contribution in [2.24, 2.45) is 0 Å². The van der Waals surface area contributed by atoms with Gasteiger partial charge >= 0.3 is 0 Å². The minimum absolute atomic E-state index is 0.0796. The van der Waals surface area contributed by atoms with E-state index in [4.69, 9.17) is 4.74 Å². The Kier molecular flexibility index (Phi) is 4.06. The van der Waals surface area contributed by atoms with E-state index in [1.807, 2.05) is 36.5 Å². The quantitative estimate of drug-likeness (QED) is 0.727. The van der Waals surface area contributed by atoms with Gasteiger partial charge in [-0.25, -0.2) is 4.98 Å². The number of fused-ring (bicyclic) bond motifs is 1. The molecule has 0 unspecified atom stereocenters. The van der Waals surface area contributed by atoms with Gasteiger partial charge in [-0.3, -0.25) is 9.20 Å². The molecule has 0 radical (unpaired) electrons. The Labute approximate surface area is 128 Å². The smallest absolute Gasteiger partial charge is 0.259 e. The zero-order chi connectivity index (χ0) is 15.5. The maximum atomic E-state index is 12.3. The standard InChI is InChI=1S/C17H19N3O2/c1-3-9-19-15(13-7-5-4-6-8-13)11-20-16(21)10-14(12-22-2)18-17(19)20/h4-8,10-11H,3,9,12H2,1-2H3. The molecule has 0 saturated carbocycles. The number of aromatic nitrogens is 3. The van der Waals surface area contributed by atoms with Crippen molar-refractivity contribution in [3.8, 4) is 11.3 Å². The van der Waals surface area contributed by atoms with E-state index in [1.165, 1.54) is 6.07 Å². The highest BCUT2D eigenvalue weighted by Gasteiger charge is 2.13. The molecule has 0 spiro atoms. The van der Waals surface area contributed by atoms with E-state index >= 15 is 0 Å². The van der Waals surface area contributed by atoms with Crippen LogP contribution in [-0.2, 0) is 17.9 Å². The van der Waals surface area contributed by atoms with E-state index < -0.39 is 0 Å². The van der Waals surface area contributed by atoms with Crippen LogP contribution in [0.15, 0.2) is 47.4 Å². The summed E-state index contributed by atoms with van der Waals surface area (Å²) in [6, 6.07) is 11.6. The molecule has 3 aromatic rings. The number of hydrogen-bond donors (Lipinski definition) is 0. The molecule has 1 aromatic carbocycles. The number of hydrogen-bond acceptors (Lipinski definition) is 3. The van der Waals surface area contributed by atoms with E-state index in [-0.39, 0.29) is 5.56 Å². The van der Waals surface area contributed by atoms with Gasteiger partial charge in [0.15, 0.2) is 0 Å². The van der Waals surface area contributed by atoms with Crippen LogP contribution in [-0.4, -0.2) is 21.1 Å². The maximum absolute atomic E-state index is 12.3. The summed E-state index contributed by atoms with van der Waals surface area (Å²) >= 11 is 0. The summed E-state index contributed by atoms with van der Waals surface area (Å²) in [4.78, 5) is 16.9. The van der Waals surface area contributed by atoms with Crippen LogP contribution in [0.25, 0.3) is 17.0 Å². The first-order chi connectivity index (χ1) is 10.7. The first kappa shape index (κ1) is 14.5. The Morgan fingerprint density at radius 3 is 2.68 bits per heavy atom. The third-order valence-electron chi connectivity index (χ3n) is 3.58. The SMILES string of the molecule is CCCn1c(-c2ccccc2)cn2c(=O)cc(COC)nc12. The number of methoxy groups -OCH3 is 1. The average molecular weight is 297 g/mol. The lowest BCUT2D eigenvalue weighted by Gasteiger charge is -2.08. The lowest BCUT2D eigenvalue weighted by atomic mass is 10.2. The minimum Gasteiger partial charge on any atom is -0.378 e. The first-order valence-corrected chi connectivity index (χ1v) is 7.40. The molecule has 5 heteroatoms. The normalized spacial score (nSPS) is 11.2. The van der Waals surface area contributed by atoms with Crippen LogP contribution in [0.2, 0.25) is 0 Å². The predicted molar refractivity (Wildman–Crippen MR) is 85.9 cm³/mol. The van der Waals surface area contributed by atoms with Crippen LogP contribution in [0.3, 0.4) is 0 Å². The van der Waals surface area contributed by atoms with Crippen LogP contribution in [0, 0.1) is 0 Å². The fraction of sp³-hybridized carbons (Fsp3) is 0.294. The van der Waals surface area contributed by atoms with E-state index in [0.717, 1.165) is 24.2 Å². The summed E-state index contributed by atoms with van der Waals surface area (Å²) < 4.78 is 8.80. The summed E-state index contributed by atoms with van der Waals surface area (Å²) in [6.45, 7) is 3.26. The molecule has 2 aromatic heterocycles. The van der Waals surface area contributed by atoms with Crippen LogP contribution in [0.1, 0.15) is 19.0 Å². The highest BCUT2D eigenvalue weighted by molar-refractivity contribution is 5.62. The summed E-state index contributed by atoms with van der Waals surface area (Å²) in [5.74, 6) is 0.667. The first-order valence-electron chi connectivity index (χ1n) is 7.40. The summed E-state index contributed by atoms with van der Waals surface area (Å²) in [6.07, 6.45) is 2.83. The summed E-state index contributed by atoms with van der Waals surface area (Å²) in [7, 11) is 1.60. The highest BCUT2D eigenvalue weighted by Crippen LogP contribution is 2.22. The predicted octanol–water partition coefficient (Wildman–Crippen LogP) is 2.72. The van der Waals surface area contributed by atoms with Crippen molar-refractivity contribution in [3.63, 3.8) is 0 Å². The van der Waals surface area contributed by atoms with Gasteiger partial charge in [-0.05, 0) is 12.0 Å². The van der Waals surface area contributed by atoms with Crippen LogP contribution < -0.4 is 5.56 Å². The Morgan fingerprint density at radius 1 is 1.23 bits per heavy atom. The molecule has 2 heterocycles. The van der Waals surface area contributed by atoms with Gasteiger partial charge < -0.3 is 9.30 Å². The number of aryl methyl sites for hydroxylation is 1. The second-order valence-corrected chi connectivity index (χ2v) is 5.22. The van der Waals surface area contributed by atoms with E-state index in [2.05, 4.69) is 16.5 Å². The molecular weight excluding hydrogens is 278 g/mol. The third kappa shape index (κ3) is 2.55.